The molecule has 1 aromatic rings. The minimum absolute atomic E-state index is 0.0961. The lowest BCUT2D eigenvalue weighted by Crippen LogP contribution is -2.38. The Hall–Kier alpha value is -2.08. The second-order valence-electron chi connectivity index (χ2n) is 5.44. The summed E-state index contributed by atoms with van der Waals surface area (Å²) in [6, 6.07) is 6.89. The van der Waals surface area contributed by atoms with Crippen molar-refractivity contribution in [3.05, 3.63) is 29.3 Å². The number of carboxylic acids is 1. The third kappa shape index (κ3) is 4.22. The van der Waals surface area contributed by atoms with Gasteiger partial charge in [0.25, 0.3) is 0 Å². The summed E-state index contributed by atoms with van der Waals surface area (Å²) in [5, 5.41) is 9.33. The van der Waals surface area contributed by atoms with Gasteiger partial charge in [0.2, 0.25) is 11.8 Å². The van der Waals surface area contributed by atoms with Crippen molar-refractivity contribution in [3.63, 3.8) is 0 Å². The number of carboxylic acid groups (broad SMARTS) is 1. The van der Waals surface area contributed by atoms with Crippen LogP contribution in [0.4, 0.5) is 5.69 Å². The summed E-state index contributed by atoms with van der Waals surface area (Å²) in [5.74, 6) is -1.66. The molecule has 2 amide bonds. The standard InChI is InChI=1S/C16H19ClN2O4/c1-2-18(8-7-15(21)22)16(23)11-9-14(20)19(10-11)13-5-3-12(17)4-6-13/h3-6,11H,2,7-10H2,1H3,(H,21,22). The fraction of sp³-hybridized carbons (Fsp3) is 0.438. The first-order valence-electron chi connectivity index (χ1n) is 7.49. The van der Waals surface area contributed by atoms with Crippen molar-refractivity contribution < 1.29 is 19.5 Å². The lowest BCUT2D eigenvalue weighted by atomic mass is 10.1. The van der Waals surface area contributed by atoms with Crippen LogP contribution in [0, 0.1) is 5.92 Å². The molecule has 124 valence electrons. The maximum atomic E-state index is 12.5. The highest BCUT2D eigenvalue weighted by Crippen LogP contribution is 2.27. The van der Waals surface area contributed by atoms with E-state index in [1.54, 1.807) is 36.1 Å². The van der Waals surface area contributed by atoms with E-state index >= 15 is 0 Å². The summed E-state index contributed by atoms with van der Waals surface area (Å²) in [4.78, 5) is 38.4. The molecule has 1 aliphatic heterocycles. The largest absolute Gasteiger partial charge is 0.481 e. The molecule has 0 spiro atoms. The molecule has 0 bridgehead atoms. The Kier molecular flexibility index (Phi) is 5.60. The minimum Gasteiger partial charge on any atom is -0.481 e. The fourth-order valence-corrected chi connectivity index (χ4v) is 2.78. The van der Waals surface area contributed by atoms with E-state index in [9.17, 15) is 14.4 Å². The Labute approximate surface area is 139 Å². The van der Waals surface area contributed by atoms with Gasteiger partial charge >= 0.3 is 5.97 Å². The highest BCUT2D eigenvalue weighted by molar-refractivity contribution is 6.30. The van der Waals surface area contributed by atoms with Crippen molar-refractivity contribution in [2.24, 2.45) is 5.92 Å². The normalized spacial score (nSPS) is 17.4. The average molecular weight is 339 g/mol. The highest BCUT2D eigenvalue weighted by atomic mass is 35.5. The lowest BCUT2D eigenvalue weighted by molar-refractivity contribution is -0.139. The van der Waals surface area contributed by atoms with Crippen molar-refractivity contribution in [1.29, 1.82) is 0 Å². The van der Waals surface area contributed by atoms with Crippen LogP contribution in [-0.4, -0.2) is 47.4 Å². The molecule has 0 saturated carbocycles. The SMILES string of the molecule is CCN(CCC(=O)O)C(=O)C1CC(=O)N(c2ccc(Cl)cc2)C1. The van der Waals surface area contributed by atoms with Crippen LogP contribution in [0.5, 0.6) is 0 Å². The van der Waals surface area contributed by atoms with Crippen LogP contribution in [0.15, 0.2) is 24.3 Å². The summed E-state index contributed by atoms with van der Waals surface area (Å²) in [6.45, 7) is 2.70. The molecule has 0 radical (unpaired) electrons. The molecule has 2 rings (SSSR count). The third-order valence-corrected chi connectivity index (χ3v) is 4.15. The summed E-state index contributed by atoms with van der Waals surface area (Å²) < 4.78 is 0. The second kappa shape index (κ2) is 7.46. The molecular formula is C16H19ClN2O4. The zero-order valence-corrected chi connectivity index (χ0v) is 13.6. The van der Waals surface area contributed by atoms with Gasteiger partial charge in [-0.25, -0.2) is 0 Å². The number of rotatable bonds is 6. The minimum atomic E-state index is -0.943. The van der Waals surface area contributed by atoms with Crippen LogP contribution < -0.4 is 4.90 Å². The monoisotopic (exact) mass is 338 g/mol. The molecule has 1 aliphatic rings. The van der Waals surface area contributed by atoms with Gasteiger partial charge in [-0.2, -0.15) is 0 Å². The van der Waals surface area contributed by atoms with E-state index in [1.165, 1.54) is 4.90 Å². The molecule has 1 unspecified atom stereocenters. The molecular weight excluding hydrogens is 320 g/mol. The van der Waals surface area contributed by atoms with Crippen molar-refractivity contribution in [1.82, 2.24) is 4.90 Å². The van der Waals surface area contributed by atoms with E-state index in [1.807, 2.05) is 0 Å². The third-order valence-electron chi connectivity index (χ3n) is 3.90. The van der Waals surface area contributed by atoms with Crippen LogP contribution in [0.2, 0.25) is 5.02 Å². The molecule has 1 heterocycles. The van der Waals surface area contributed by atoms with E-state index in [-0.39, 0.29) is 31.2 Å². The number of nitrogens with zero attached hydrogens (tertiary/aromatic N) is 2. The zero-order chi connectivity index (χ0) is 17.0. The first-order chi connectivity index (χ1) is 10.9. The van der Waals surface area contributed by atoms with E-state index in [2.05, 4.69) is 0 Å². The summed E-state index contributed by atoms with van der Waals surface area (Å²) in [7, 11) is 0. The van der Waals surface area contributed by atoms with Gasteiger partial charge in [0.15, 0.2) is 0 Å². The Morgan fingerprint density at radius 1 is 1.35 bits per heavy atom. The van der Waals surface area contributed by atoms with Gasteiger partial charge in [0, 0.05) is 36.8 Å². The smallest absolute Gasteiger partial charge is 0.305 e. The molecule has 1 fully saturated rings. The van der Waals surface area contributed by atoms with E-state index in [0.29, 0.717) is 23.8 Å². The van der Waals surface area contributed by atoms with Crippen molar-refractivity contribution >= 4 is 35.1 Å². The van der Waals surface area contributed by atoms with Crippen LogP contribution in [0.1, 0.15) is 19.8 Å². The van der Waals surface area contributed by atoms with Gasteiger partial charge in [-0.3, -0.25) is 14.4 Å². The fourth-order valence-electron chi connectivity index (χ4n) is 2.66. The molecule has 1 aromatic carbocycles. The predicted octanol–water partition coefficient (Wildman–Crippen LogP) is 2.02. The molecule has 23 heavy (non-hydrogen) atoms. The molecule has 1 N–H and O–H groups in total. The zero-order valence-electron chi connectivity index (χ0n) is 12.9. The molecule has 0 aromatic heterocycles. The highest BCUT2D eigenvalue weighted by Gasteiger charge is 2.36. The molecule has 1 saturated heterocycles. The Balaban J connectivity index is 2.04. The maximum absolute atomic E-state index is 12.5. The number of halogens is 1. The van der Waals surface area contributed by atoms with Gasteiger partial charge in [-0.15, -0.1) is 0 Å². The number of benzene rings is 1. The quantitative estimate of drug-likeness (QED) is 0.860. The van der Waals surface area contributed by atoms with Crippen LogP contribution in [0.25, 0.3) is 0 Å². The van der Waals surface area contributed by atoms with Gasteiger partial charge in [-0.1, -0.05) is 11.6 Å². The Morgan fingerprint density at radius 3 is 2.57 bits per heavy atom. The van der Waals surface area contributed by atoms with Crippen LogP contribution in [-0.2, 0) is 14.4 Å². The van der Waals surface area contributed by atoms with Crippen LogP contribution in [0.3, 0.4) is 0 Å². The number of amides is 2. The van der Waals surface area contributed by atoms with Crippen molar-refractivity contribution in [2.75, 3.05) is 24.5 Å². The molecule has 6 nitrogen and oxygen atoms in total. The van der Waals surface area contributed by atoms with E-state index in [4.69, 9.17) is 16.7 Å². The summed E-state index contributed by atoms with van der Waals surface area (Å²) >= 11 is 5.84. The molecule has 7 heteroatoms. The van der Waals surface area contributed by atoms with Crippen LogP contribution >= 0.6 is 11.6 Å². The Bertz CT molecular complexity index is 603. The molecule has 1 atom stereocenters. The maximum Gasteiger partial charge on any atom is 0.305 e. The van der Waals surface area contributed by atoms with Gasteiger partial charge in [-0.05, 0) is 31.2 Å². The number of carbonyl (C=O) groups excluding carboxylic acids is 2. The summed E-state index contributed by atoms with van der Waals surface area (Å²) in [6.07, 6.45) is 0.0478. The summed E-state index contributed by atoms with van der Waals surface area (Å²) in [5.41, 5.74) is 0.711. The first-order valence-corrected chi connectivity index (χ1v) is 7.86. The van der Waals surface area contributed by atoms with E-state index in [0.717, 1.165) is 0 Å². The van der Waals surface area contributed by atoms with Crippen molar-refractivity contribution in [3.8, 4) is 0 Å². The van der Waals surface area contributed by atoms with Gasteiger partial charge in [0.05, 0.1) is 12.3 Å². The second-order valence-corrected chi connectivity index (χ2v) is 5.88. The van der Waals surface area contributed by atoms with Crippen molar-refractivity contribution in [2.45, 2.75) is 19.8 Å². The van der Waals surface area contributed by atoms with E-state index < -0.39 is 11.9 Å². The number of hydrogen-bond acceptors (Lipinski definition) is 3. The number of hydrogen-bond donors (Lipinski definition) is 1. The number of aliphatic carboxylic acids is 1. The number of anilines is 1. The number of carbonyl (C=O) groups is 3. The average Bonchev–Trinajstić information content (AvgIpc) is 2.90. The topological polar surface area (TPSA) is 77.9 Å². The molecule has 0 aliphatic carbocycles. The predicted molar refractivity (Wildman–Crippen MR) is 86.4 cm³/mol. The van der Waals surface area contributed by atoms with Gasteiger partial charge in [0.1, 0.15) is 0 Å². The first kappa shape index (κ1) is 17.3. The lowest BCUT2D eigenvalue weighted by Gasteiger charge is -2.23. The van der Waals surface area contributed by atoms with Gasteiger partial charge < -0.3 is 14.9 Å². The Morgan fingerprint density at radius 2 is 2.00 bits per heavy atom.